The van der Waals surface area contributed by atoms with Gasteiger partial charge < -0.3 is 10.2 Å². The van der Waals surface area contributed by atoms with Gasteiger partial charge in [0.25, 0.3) is 0 Å². The van der Waals surface area contributed by atoms with Crippen molar-refractivity contribution in [2.24, 2.45) is 0 Å². The van der Waals surface area contributed by atoms with Gasteiger partial charge in [0, 0.05) is 24.2 Å². The molecule has 2 rings (SSSR count). The predicted molar refractivity (Wildman–Crippen MR) is 73.7 cm³/mol. The zero-order valence-electron chi connectivity index (χ0n) is 10.5. The fourth-order valence-electron chi connectivity index (χ4n) is 2.34. The third kappa shape index (κ3) is 4.30. The SMILES string of the molecule is CC1CN(CCc2ccc(Cl)cc2)CCCN1. The van der Waals surface area contributed by atoms with Crippen molar-refractivity contribution < 1.29 is 0 Å². The van der Waals surface area contributed by atoms with Gasteiger partial charge in [-0.15, -0.1) is 0 Å². The molecule has 0 amide bonds. The van der Waals surface area contributed by atoms with Crippen LogP contribution < -0.4 is 5.32 Å². The van der Waals surface area contributed by atoms with E-state index in [-0.39, 0.29) is 0 Å². The van der Waals surface area contributed by atoms with Crippen molar-refractivity contribution in [3.05, 3.63) is 34.9 Å². The average Bonchev–Trinajstić information content (AvgIpc) is 2.53. The van der Waals surface area contributed by atoms with E-state index in [1.54, 1.807) is 0 Å². The first-order valence-corrected chi connectivity index (χ1v) is 6.82. The average molecular weight is 253 g/mol. The third-order valence-electron chi connectivity index (χ3n) is 3.31. The maximum atomic E-state index is 5.88. The third-order valence-corrected chi connectivity index (χ3v) is 3.56. The van der Waals surface area contributed by atoms with Crippen LogP contribution >= 0.6 is 11.6 Å². The molecule has 1 unspecified atom stereocenters. The highest BCUT2D eigenvalue weighted by atomic mass is 35.5. The molecule has 1 fully saturated rings. The maximum absolute atomic E-state index is 5.88. The Balaban J connectivity index is 1.82. The number of hydrogen-bond acceptors (Lipinski definition) is 2. The Morgan fingerprint density at radius 3 is 2.88 bits per heavy atom. The van der Waals surface area contributed by atoms with E-state index in [9.17, 15) is 0 Å². The number of rotatable bonds is 3. The molecule has 3 heteroatoms. The molecule has 1 aliphatic heterocycles. The Bertz CT molecular complexity index is 337. The van der Waals surface area contributed by atoms with Crippen LogP contribution in [0.4, 0.5) is 0 Å². The van der Waals surface area contributed by atoms with Crippen molar-refractivity contribution in [1.29, 1.82) is 0 Å². The molecule has 2 nitrogen and oxygen atoms in total. The highest BCUT2D eigenvalue weighted by Crippen LogP contribution is 2.11. The first-order valence-electron chi connectivity index (χ1n) is 6.44. The summed E-state index contributed by atoms with van der Waals surface area (Å²) in [4.78, 5) is 2.55. The van der Waals surface area contributed by atoms with Gasteiger partial charge in [-0.2, -0.15) is 0 Å². The summed E-state index contributed by atoms with van der Waals surface area (Å²) in [6, 6.07) is 8.82. The second kappa shape index (κ2) is 6.39. The van der Waals surface area contributed by atoms with Gasteiger partial charge in [0.2, 0.25) is 0 Å². The summed E-state index contributed by atoms with van der Waals surface area (Å²) in [5.74, 6) is 0. The molecule has 94 valence electrons. The molecule has 1 aromatic rings. The van der Waals surface area contributed by atoms with Crippen molar-refractivity contribution in [1.82, 2.24) is 10.2 Å². The lowest BCUT2D eigenvalue weighted by Crippen LogP contribution is -2.36. The molecular formula is C14H21ClN2. The highest BCUT2D eigenvalue weighted by molar-refractivity contribution is 6.30. The fraction of sp³-hybridized carbons (Fsp3) is 0.571. The first kappa shape index (κ1) is 12.9. The van der Waals surface area contributed by atoms with Crippen LogP contribution in [-0.4, -0.2) is 37.1 Å². The van der Waals surface area contributed by atoms with E-state index in [1.165, 1.54) is 18.5 Å². The van der Waals surface area contributed by atoms with E-state index in [2.05, 4.69) is 29.3 Å². The van der Waals surface area contributed by atoms with Crippen LogP contribution in [0.1, 0.15) is 18.9 Å². The van der Waals surface area contributed by atoms with Crippen LogP contribution in [0, 0.1) is 0 Å². The number of nitrogens with zero attached hydrogens (tertiary/aromatic N) is 1. The van der Waals surface area contributed by atoms with E-state index in [4.69, 9.17) is 11.6 Å². The normalized spacial score (nSPS) is 22.4. The second-order valence-electron chi connectivity index (χ2n) is 4.89. The van der Waals surface area contributed by atoms with Crippen LogP contribution in [0.25, 0.3) is 0 Å². The van der Waals surface area contributed by atoms with Gasteiger partial charge in [-0.05, 0) is 50.6 Å². The van der Waals surface area contributed by atoms with E-state index in [1.807, 2.05) is 12.1 Å². The van der Waals surface area contributed by atoms with Crippen LogP contribution in [-0.2, 0) is 6.42 Å². The Morgan fingerprint density at radius 2 is 2.12 bits per heavy atom. The first-order chi connectivity index (χ1) is 8.24. The molecule has 0 radical (unpaired) electrons. The van der Waals surface area contributed by atoms with E-state index in [0.717, 1.165) is 31.1 Å². The van der Waals surface area contributed by atoms with Gasteiger partial charge in [0.05, 0.1) is 0 Å². The summed E-state index contributed by atoms with van der Waals surface area (Å²) in [6.45, 7) is 6.94. The minimum atomic E-state index is 0.614. The molecular weight excluding hydrogens is 232 g/mol. The Labute approximate surface area is 109 Å². The zero-order valence-corrected chi connectivity index (χ0v) is 11.2. The quantitative estimate of drug-likeness (QED) is 0.890. The second-order valence-corrected chi connectivity index (χ2v) is 5.32. The molecule has 0 spiro atoms. The standard InChI is InChI=1S/C14H21ClN2/c1-12-11-17(9-2-8-16-12)10-7-13-3-5-14(15)6-4-13/h3-6,12,16H,2,7-11H2,1H3. The Hall–Kier alpha value is -0.570. The highest BCUT2D eigenvalue weighted by Gasteiger charge is 2.13. The molecule has 1 aromatic carbocycles. The number of halogens is 1. The van der Waals surface area contributed by atoms with Gasteiger partial charge >= 0.3 is 0 Å². The van der Waals surface area contributed by atoms with Gasteiger partial charge in [0.1, 0.15) is 0 Å². The fourth-order valence-corrected chi connectivity index (χ4v) is 2.46. The van der Waals surface area contributed by atoms with Crippen molar-refractivity contribution >= 4 is 11.6 Å². The summed E-state index contributed by atoms with van der Waals surface area (Å²) in [5.41, 5.74) is 1.37. The Morgan fingerprint density at radius 1 is 1.35 bits per heavy atom. The van der Waals surface area contributed by atoms with Gasteiger partial charge in [-0.25, -0.2) is 0 Å². The van der Waals surface area contributed by atoms with Crippen LogP contribution in [0.15, 0.2) is 24.3 Å². The summed E-state index contributed by atoms with van der Waals surface area (Å²) in [6.07, 6.45) is 2.37. The topological polar surface area (TPSA) is 15.3 Å². The molecule has 1 saturated heterocycles. The van der Waals surface area contributed by atoms with E-state index >= 15 is 0 Å². The van der Waals surface area contributed by atoms with Gasteiger partial charge in [-0.3, -0.25) is 0 Å². The molecule has 0 aromatic heterocycles. The van der Waals surface area contributed by atoms with Crippen LogP contribution in [0.2, 0.25) is 5.02 Å². The van der Waals surface area contributed by atoms with Crippen LogP contribution in [0.3, 0.4) is 0 Å². The smallest absolute Gasteiger partial charge is 0.0406 e. The van der Waals surface area contributed by atoms with Crippen molar-refractivity contribution in [3.63, 3.8) is 0 Å². The molecule has 0 aliphatic carbocycles. The molecule has 0 bridgehead atoms. The molecule has 1 N–H and O–H groups in total. The molecule has 1 heterocycles. The van der Waals surface area contributed by atoms with Crippen LogP contribution in [0.5, 0.6) is 0 Å². The zero-order chi connectivity index (χ0) is 12.1. The summed E-state index contributed by atoms with van der Waals surface area (Å²) in [7, 11) is 0. The molecule has 0 saturated carbocycles. The monoisotopic (exact) mass is 252 g/mol. The number of benzene rings is 1. The Kier molecular flexibility index (Phi) is 4.84. The summed E-state index contributed by atoms with van der Waals surface area (Å²) in [5, 5.41) is 4.34. The van der Waals surface area contributed by atoms with E-state index < -0.39 is 0 Å². The number of hydrogen-bond donors (Lipinski definition) is 1. The predicted octanol–water partition coefficient (Wildman–Crippen LogP) is 2.57. The maximum Gasteiger partial charge on any atom is 0.0406 e. The largest absolute Gasteiger partial charge is 0.313 e. The molecule has 17 heavy (non-hydrogen) atoms. The minimum Gasteiger partial charge on any atom is -0.313 e. The van der Waals surface area contributed by atoms with Crippen molar-refractivity contribution in [3.8, 4) is 0 Å². The van der Waals surface area contributed by atoms with Crippen molar-refractivity contribution in [2.45, 2.75) is 25.8 Å². The van der Waals surface area contributed by atoms with Gasteiger partial charge in [-0.1, -0.05) is 23.7 Å². The molecule has 1 atom stereocenters. The lowest BCUT2D eigenvalue weighted by molar-refractivity contribution is 0.276. The van der Waals surface area contributed by atoms with Crippen molar-refractivity contribution in [2.75, 3.05) is 26.2 Å². The minimum absolute atomic E-state index is 0.614. The lowest BCUT2D eigenvalue weighted by Gasteiger charge is -2.22. The summed E-state index contributed by atoms with van der Waals surface area (Å²) < 4.78 is 0. The summed E-state index contributed by atoms with van der Waals surface area (Å²) >= 11 is 5.88. The van der Waals surface area contributed by atoms with Gasteiger partial charge in [0.15, 0.2) is 0 Å². The lowest BCUT2D eigenvalue weighted by atomic mass is 10.1. The van der Waals surface area contributed by atoms with E-state index in [0.29, 0.717) is 6.04 Å². The molecule has 1 aliphatic rings. The number of nitrogens with one attached hydrogen (secondary N) is 1.